The van der Waals surface area contributed by atoms with E-state index in [1.807, 2.05) is 37.3 Å². The van der Waals surface area contributed by atoms with Gasteiger partial charge in [0.05, 0.1) is 6.20 Å². The highest BCUT2D eigenvalue weighted by atomic mass is 16.2. The van der Waals surface area contributed by atoms with Crippen molar-refractivity contribution in [3.05, 3.63) is 47.7 Å². The fourth-order valence-corrected chi connectivity index (χ4v) is 1.70. The molecule has 4 N–H and O–H groups in total. The van der Waals surface area contributed by atoms with E-state index in [0.717, 1.165) is 17.5 Å². The number of rotatable bonds is 4. The normalized spacial score (nSPS) is 12.1. The number of benzene rings is 1. The minimum atomic E-state index is -0.681. The Labute approximate surface area is 105 Å². The summed E-state index contributed by atoms with van der Waals surface area (Å²) in [5, 5.41) is 9.41. The highest BCUT2D eigenvalue weighted by Gasteiger charge is 2.17. The fourth-order valence-electron chi connectivity index (χ4n) is 1.70. The van der Waals surface area contributed by atoms with Crippen LogP contribution in [-0.4, -0.2) is 16.1 Å². The molecule has 18 heavy (non-hydrogen) atoms. The van der Waals surface area contributed by atoms with Crippen molar-refractivity contribution in [2.75, 3.05) is 5.32 Å². The molecule has 0 saturated heterocycles. The van der Waals surface area contributed by atoms with Gasteiger partial charge in [-0.15, -0.1) is 0 Å². The molecule has 2 rings (SSSR count). The maximum atomic E-state index is 12.0. The Morgan fingerprint density at radius 3 is 2.83 bits per heavy atom. The largest absolute Gasteiger partial charge is 0.316 e. The number of hydrogen-bond donors (Lipinski definition) is 3. The van der Waals surface area contributed by atoms with Gasteiger partial charge in [-0.2, -0.15) is 5.10 Å². The molecule has 0 radical (unpaired) electrons. The molecular weight excluding hydrogens is 228 g/mol. The van der Waals surface area contributed by atoms with Crippen LogP contribution in [0.3, 0.4) is 0 Å². The van der Waals surface area contributed by atoms with Crippen LogP contribution in [0.2, 0.25) is 0 Å². The average molecular weight is 244 g/mol. The van der Waals surface area contributed by atoms with E-state index < -0.39 is 6.04 Å². The van der Waals surface area contributed by atoms with Crippen LogP contribution >= 0.6 is 0 Å². The van der Waals surface area contributed by atoms with Gasteiger partial charge in [0.15, 0.2) is 0 Å². The van der Waals surface area contributed by atoms with Gasteiger partial charge < -0.3 is 11.1 Å². The Bertz CT molecular complexity index is 521. The van der Waals surface area contributed by atoms with Crippen molar-refractivity contribution in [2.24, 2.45) is 5.73 Å². The molecule has 0 spiro atoms. The van der Waals surface area contributed by atoms with Crippen molar-refractivity contribution < 1.29 is 4.79 Å². The van der Waals surface area contributed by atoms with Gasteiger partial charge in [-0.3, -0.25) is 9.89 Å². The van der Waals surface area contributed by atoms with E-state index in [4.69, 9.17) is 5.73 Å². The third-order valence-corrected chi connectivity index (χ3v) is 2.79. The number of aryl methyl sites for hydroxylation is 1. The van der Waals surface area contributed by atoms with Crippen LogP contribution in [0.15, 0.2) is 36.5 Å². The first-order valence-corrected chi connectivity index (χ1v) is 5.86. The molecular formula is C13H16N4O. The lowest BCUT2D eigenvalue weighted by Crippen LogP contribution is -2.28. The van der Waals surface area contributed by atoms with Crippen molar-refractivity contribution in [3.63, 3.8) is 0 Å². The standard InChI is InChI=1S/C13H16N4O/c1-2-9-8-15-17-12(9)16-13(18)11(14)10-6-4-3-5-7-10/h3-8,11H,2,14H2,1H3,(H2,15,16,17,18)/t11-/m0/s1. The fraction of sp³-hybridized carbons (Fsp3) is 0.231. The van der Waals surface area contributed by atoms with E-state index in [2.05, 4.69) is 15.5 Å². The molecule has 1 amide bonds. The summed E-state index contributed by atoms with van der Waals surface area (Å²) in [5.74, 6) is 0.369. The number of carbonyl (C=O) groups excluding carboxylic acids is 1. The third-order valence-electron chi connectivity index (χ3n) is 2.79. The molecule has 0 saturated carbocycles. The molecule has 94 valence electrons. The molecule has 0 aliphatic rings. The van der Waals surface area contributed by atoms with Gasteiger partial charge in [0, 0.05) is 5.56 Å². The molecule has 5 nitrogen and oxygen atoms in total. The monoisotopic (exact) mass is 244 g/mol. The second-order valence-electron chi connectivity index (χ2n) is 4.00. The number of hydrogen-bond acceptors (Lipinski definition) is 3. The summed E-state index contributed by atoms with van der Waals surface area (Å²) in [7, 11) is 0. The lowest BCUT2D eigenvalue weighted by Gasteiger charge is -2.12. The highest BCUT2D eigenvalue weighted by Crippen LogP contribution is 2.15. The van der Waals surface area contributed by atoms with Crippen molar-refractivity contribution in [1.82, 2.24) is 10.2 Å². The Morgan fingerprint density at radius 1 is 1.44 bits per heavy atom. The van der Waals surface area contributed by atoms with Crippen LogP contribution in [0.4, 0.5) is 5.82 Å². The van der Waals surface area contributed by atoms with E-state index in [9.17, 15) is 4.79 Å². The number of aromatic nitrogens is 2. The number of nitrogens with zero attached hydrogens (tertiary/aromatic N) is 1. The molecule has 1 aromatic heterocycles. The molecule has 0 aliphatic heterocycles. The number of nitrogens with two attached hydrogens (primary N) is 1. The first-order chi connectivity index (χ1) is 8.72. The van der Waals surface area contributed by atoms with Crippen LogP contribution < -0.4 is 11.1 Å². The summed E-state index contributed by atoms with van der Waals surface area (Å²) in [6.07, 6.45) is 2.50. The van der Waals surface area contributed by atoms with E-state index in [0.29, 0.717) is 5.82 Å². The first kappa shape index (κ1) is 12.3. The number of H-pyrrole nitrogens is 1. The van der Waals surface area contributed by atoms with Gasteiger partial charge >= 0.3 is 0 Å². The van der Waals surface area contributed by atoms with E-state index >= 15 is 0 Å². The predicted molar refractivity (Wildman–Crippen MR) is 70.0 cm³/mol. The van der Waals surface area contributed by atoms with Gasteiger partial charge in [-0.1, -0.05) is 37.3 Å². The van der Waals surface area contributed by atoms with Crippen LogP contribution in [-0.2, 0) is 11.2 Å². The van der Waals surface area contributed by atoms with Crippen molar-refractivity contribution >= 4 is 11.7 Å². The molecule has 0 fully saturated rings. The molecule has 1 aromatic carbocycles. The zero-order valence-corrected chi connectivity index (χ0v) is 10.2. The topological polar surface area (TPSA) is 83.8 Å². The van der Waals surface area contributed by atoms with Crippen LogP contribution in [0.25, 0.3) is 0 Å². The van der Waals surface area contributed by atoms with E-state index in [1.54, 1.807) is 6.20 Å². The summed E-state index contributed by atoms with van der Waals surface area (Å²) >= 11 is 0. The molecule has 5 heteroatoms. The first-order valence-electron chi connectivity index (χ1n) is 5.86. The zero-order chi connectivity index (χ0) is 13.0. The average Bonchev–Trinajstić information content (AvgIpc) is 2.86. The van der Waals surface area contributed by atoms with Gasteiger partial charge in [-0.05, 0) is 12.0 Å². The number of aromatic amines is 1. The van der Waals surface area contributed by atoms with Crippen molar-refractivity contribution in [2.45, 2.75) is 19.4 Å². The maximum Gasteiger partial charge on any atom is 0.247 e. The van der Waals surface area contributed by atoms with Crippen molar-refractivity contribution in [3.8, 4) is 0 Å². The lowest BCUT2D eigenvalue weighted by molar-refractivity contribution is -0.117. The maximum absolute atomic E-state index is 12.0. The van der Waals surface area contributed by atoms with E-state index in [1.165, 1.54) is 0 Å². The summed E-state index contributed by atoms with van der Waals surface area (Å²) < 4.78 is 0. The zero-order valence-electron chi connectivity index (χ0n) is 10.2. The molecule has 2 aromatic rings. The predicted octanol–water partition coefficient (Wildman–Crippen LogP) is 1.61. The molecule has 1 atom stereocenters. The third kappa shape index (κ3) is 2.57. The molecule has 0 unspecified atom stereocenters. The summed E-state index contributed by atoms with van der Waals surface area (Å²) in [6.45, 7) is 2.00. The smallest absolute Gasteiger partial charge is 0.247 e. The van der Waals surface area contributed by atoms with E-state index in [-0.39, 0.29) is 5.91 Å². The summed E-state index contributed by atoms with van der Waals surface area (Å²) in [5.41, 5.74) is 7.65. The van der Waals surface area contributed by atoms with Crippen molar-refractivity contribution in [1.29, 1.82) is 0 Å². The number of anilines is 1. The molecule has 1 heterocycles. The number of amides is 1. The van der Waals surface area contributed by atoms with Gasteiger partial charge in [0.2, 0.25) is 5.91 Å². The number of carbonyl (C=O) groups is 1. The summed E-state index contributed by atoms with van der Waals surface area (Å²) in [6, 6.07) is 8.58. The minimum absolute atomic E-state index is 0.250. The Morgan fingerprint density at radius 2 is 2.17 bits per heavy atom. The number of nitrogens with one attached hydrogen (secondary N) is 2. The summed E-state index contributed by atoms with van der Waals surface area (Å²) in [4.78, 5) is 12.0. The van der Waals surface area contributed by atoms with Crippen LogP contribution in [0.5, 0.6) is 0 Å². The van der Waals surface area contributed by atoms with Crippen LogP contribution in [0, 0.1) is 0 Å². The van der Waals surface area contributed by atoms with Gasteiger partial charge in [0.1, 0.15) is 11.9 Å². The Balaban J connectivity index is 2.09. The lowest BCUT2D eigenvalue weighted by atomic mass is 10.1. The minimum Gasteiger partial charge on any atom is -0.316 e. The highest BCUT2D eigenvalue weighted by molar-refractivity contribution is 5.95. The van der Waals surface area contributed by atoms with Crippen LogP contribution in [0.1, 0.15) is 24.1 Å². The Kier molecular flexibility index (Phi) is 3.74. The van der Waals surface area contributed by atoms with Gasteiger partial charge in [0.25, 0.3) is 0 Å². The second-order valence-corrected chi connectivity index (χ2v) is 4.00. The SMILES string of the molecule is CCc1cn[nH]c1NC(=O)[C@@H](N)c1ccccc1. The van der Waals surface area contributed by atoms with Gasteiger partial charge in [-0.25, -0.2) is 0 Å². The Hall–Kier alpha value is -2.14. The second kappa shape index (κ2) is 5.46. The molecule has 0 aliphatic carbocycles. The molecule has 0 bridgehead atoms. The quantitative estimate of drug-likeness (QED) is 0.764.